The van der Waals surface area contributed by atoms with Crippen molar-refractivity contribution >= 4 is 23.2 Å². The molecule has 3 aromatic rings. The number of hydrogen-bond donors (Lipinski definition) is 2. The highest BCUT2D eigenvalue weighted by Gasteiger charge is 2.14. The van der Waals surface area contributed by atoms with Gasteiger partial charge in [-0.2, -0.15) is 0 Å². The minimum Gasteiger partial charge on any atom is -0.486 e. The van der Waals surface area contributed by atoms with Gasteiger partial charge in [0.1, 0.15) is 13.2 Å². The second-order valence-electron chi connectivity index (χ2n) is 6.21. The van der Waals surface area contributed by atoms with Crippen molar-refractivity contribution in [1.82, 2.24) is 0 Å². The Morgan fingerprint density at radius 3 is 1.86 bits per heavy atom. The molecule has 0 saturated carbocycles. The van der Waals surface area contributed by atoms with Crippen LogP contribution in [0.25, 0.3) is 0 Å². The monoisotopic (exact) mass is 374 g/mol. The van der Waals surface area contributed by atoms with E-state index in [-0.39, 0.29) is 11.8 Å². The molecule has 0 spiro atoms. The molecule has 0 aliphatic carbocycles. The van der Waals surface area contributed by atoms with Crippen LogP contribution in [-0.2, 0) is 0 Å². The van der Waals surface area contributed by atoms with Crippen LogP contribution in [0.3, 0.4) is 0 Å². The molecule has 2 N–H and O–H groups in total. The molecular weight excluding hydrogens is 356 g/mol. The number of benzene rings is 3. The standard InChI is InChI=1S/C22H18N2O4/c25-21(23-17-4-2-1-3-5-17)15-6-8-16(9-7-15)22(26)24-18-10-11-19-20(14-18)28-13-12-27-19/h1-11,14H,12-13H2,(H,23,25)(H,24,26). The maximum atomic E-state index is 12.5. The first kappa shape index (κ1) is 17.6. The highest BCUT2D eigenvalue weighted by atomic mass is 16.6. The number of amides is 2. The number of ether oxygens (including phenoxy) is 2. The number of rotatable bonds is 4. The van der Waals surface area contributed by atoms with Gasteiger partial charge in [0.15, 0.2) is 11.5 Å². The number of nitrogens with one attached hydrogen (secondary N) is 2. The van der Waals surface area contributed by atoms with Gasteiger partial charge < -0.3 is 20.1 Å². The zero-order valence-corrected chi connectivity index (χ0v) is 15.0. The number of carbonyl (C=O) groups is 2. The van der Waals surface area contributed by atoms with E-state index in [1.807, 2.05) is 30.3 Å². The van der Waals surface area contributed by atoms with E-state index in [1.165, 1.54) is 0 Å². The van der Waals surface area contributed by atoms with E-state index in [4.69, 9.17) is 9.47 Å². The fourth-order valence-electron chi connectivity index (χ4n) is 2.82. The Kier molecular flexibility index (Phi) is 4.93. The van der Waals surface area contributed by atoms with Crippen molar-refractivity contribution in [2.45, 2.75) is 0 Å². The average Bonchev–Trinajstić information content (AvgIpc) is 2.74. The lowest BCUT2D eigenvalue weighted by Crippen LogP contribution is -2.16. The molecule has 4 rings (SSSR count). The summed E-state index contributed by atoms with van der Waals surface area (Å²) in [5, 5.41) is 5.63. The van der Waals surface area contributed by atoms with Crippen molar-refractivity contribution < 1.29 is 19.1 Å². The molecule has 0 bridgehead atoms. The smallest absolute Gasteiger partial charge is 0.255 e. The van der Waals surface area contributed by atoms with Crippen molar-refractivity contribution in [2.24, 2.45) is 0 Å². The zero-order valence-electron chi connectivity index (χ0n) is 15.0. The highest BCUT2D eigenvalue weighted by molar-refractivity contribution is 6.07. The minimum absolute atomic E-state index is 0.231. The average molecular weight is 374 g/mol. The number of fused-ring (bicyclic) bond motifs is 1. The van der Waals surface area contributed by atoms with Crippen molar-refractivity contribution in [2.75, 3.05) is 23.8 Å². The number of para-hydroxylation sites is 1. The Bertz CT molecular complexity index is 1000. The van der Waals surface area contributed by atoms with E-state index >= 15 is 0 Å². The first-order valence-electron chi connectivity index (χ1n) is 8.86. The second kappa shape index (κ2) is 7.84. The normalized spacial score (nSPS) is 12.1. The summed E-state index contributed by atoms with van der Waals surface area (Å²) < 4.78 is 11.0. The van der Waals surface area contributed by atoms with Gasteiger partial charge in [-0.05, 0) is 48.5 Å². The van der Waals surface area contributed by atoms with Gasteiger partial charge >= 0.3 is 0 Å². The maximum absolute atomic E-state index is 12.5. The maximum Gasteiger partial charge on any atom is 0.255 e. The molecule has 0 saturated heterocycles. The summed E-state index contributed by atoms with van der Waals surface area (Å²) in [5.41, 5.74) is 2.25. The van der Waals surface area contributed by atoms with Crippen LogP contribution in [0, 0.1) is 0 Å². The molecule has 6 heteroatoms. The van der Waals surface area contributed by atoms with Gasteiger partial charge in [-0.1, -0.05) is 18.2 Å². The lowest BCUT2D eigenvalue weighted by Gasteiger charge is -2.19. The molecule has 3 aromatic carbocycles. The quantitative estimate of drug-likeness (QED) is 0.725. The molecule has 1 heterocycles. The van der Waals surface area contributed by atoms with Crippen LogP contribution in [-0.4, -0.2) is 25.0 Å². The summed E-state index contributed by atoms with van der Waals surface area (Å²) in [6.45, 7) is 1.000. The molecule has 140 valence electrons. The molecule has 0 radical (unpaired) electrons. The summed E-state index contributed by atoms with van der Waals surface area (Å²) >= 11 is 0. The van der Waals surface area contributed by atoms with Crippen LogP contribution in [0.4, 0.5) is 11.4 Å². The number of hydrogen-bond acceptors (Lipinski definition) is 4. The molecule has 0 unspecified atom stereocenters. The molecule has 6 nitrogen and oxygen atoms in total. The van der Waals surface area contributed by atoms with Gasteiger partial charge in [0, 0.05) is 28.6 Å². The molecule has 28 heavy (non-hydrogen) atoms. The van der Waals surface area contributed by atoms with Crippen molar-refractivity contribution in [3.63, 3.8) is 0 Å². The lowest BCUT2D eigenvalue weighted by molar-refractivity contribution is 0.101. The lowest BCUT2D eigenvalue weighted by atomic mass is 10.1. The fraction of sp³-hybridized carbons (Fsp3) is 0.0909. The summed E-state index contributed by atoms with van der Waals surface area (Å²) in [7, 11) is 0. The Balaban J connectivity index is 1.42. The van der Waals surface area contributed by atoms with E-state index in [0.717, 1.165) is 0 Å². The van der Waals surface area contributed by atoms with Crippen molar-refractivity contribution in [3.05, 3.63) is 83.9 Å². The SMILES string of the molecule is O=C(Nc1ccccc1)c1ccc(C(=O)Nc2ccc3c(c2)OCCO3)cc1. The number of carbonyl (C=O) groups excluding carboxylic acids is 2. The Labute approximate surface area is 162 Å². The van der Waals surface area contributed by atoms with E-state index in [0.29, 0.717) is 47.2 Å². The van der Waals surface area contributed by atoms with Gasteiger partial charge in [0.05, 0.1) is 0 Å². The van der Waals surface area contributed by atoms with Crippen LogP contribution in [0.1, 0.15) is 20.7 Å². The highest BCUT2D eigenvalue weighted by Crippen LogP contribution is 2.32. The van der Waals surface area contributed by atoms with Crippen LogP contribution in [0.5, 0.6) is 11.5 Å². The largest absolute Gasteiger partial charge is 0.486 e. The van der Waals surface area contributed by atoms with Crippen LogP contribution >= 0.6 is 0 Å². The molecule has 0 fully saturated rings. The molecule has 0 atom stereocenters. The van der Waals surface area contributed by atoms with E-state index in [2.05, 4.69) is 10.6 Å². The summed E-state index contributed by atoms with van der Waals surface area (Å²) in [6.07, 6.45) is 0. The second-order valence-corrected chi connectivity index (χ2v) is 6.21. The Morgan fingerprint density at radius 2 is 1.21 bits per heavy atom. The van der Waals surface area contributed by atoms with Crippen molar-refractivity contribution in [1.29, 1.82) is 0 Å². The van der Waals surface area contributed by atoms with Crippen molar-refractivity contribution in [3.8, 4) is 11.5 Å². The van der Waals surface area contributed by atoms with Crippen LogP contribution in [0.15, 0.2) is 72.8 Å². The summed E-state index contributed by atoms with van der Waals surface area (Å²) in [6, 6.07) is 20.9. The van der Waals surface area contributed by atoms with Gasteiger partial charge in [-0.15, -0.1) is 0 Å². The Morgan fingerprint density at radius 1 is 0.643 bits per heavy atom. The van der Waals surface area contributed by atoms with Crippen LogP contribution < -0.4 is 20.1 Å². The minimum atomic E-state index is -0.272. The third kappa shape index (κ3) is 3.96. The molecule has 1 aliphatic rings. The predicted molar refractivity (Wildman–Crippen MR) is 106 cm³/mol. The third-order valence-electron chi connectivity index (χ3n) is 4.24. The summed E-state index contributed by atoms with van der Waals surface area (Å²) in [5.74, 6) is 0.770. The Hall–Kier alpha value is -3.80. The van der Waals surface area contributed by atoms with E-state index in [9.17, 15) is 9.59 Å². The summed E-state index contributed by atoms with van der Waals surface area (Å²) in [4.78, 5) is 24.8. The van der Waals surface area contributed by atoms with Gasteiger partial charge in [0.2, 0.25) is 0 Å². The molecular formula is C22H18N2O4. The molecule has 1 aliphatic heterocycles. The van der Waals surface area contributed by atoms with Gasteiger partial charge in [0.25, 0.3) is 11.8 Å². The van der Waals surface area contributed by atoms with Gasteiger partial charge in [-0.3, -0.25) is 9.59 Å². The van der Waals surface area contributed by atoms with Gasteiger partial charge in [-0.25, -0.2) is 0 Å². The first-order valence-corrected chi connectivity index (χ1v) is 8.86. The third-order valence-corrected chi connectivity index (χ3v) is 4.24. The van der Waals surface area contributed by atoms with E-state index in [1.54, 1.807) is 42.5 Å². The topological polar surface area (TPSA) is 76.7 Å². The fourth-order valence-corrected chi connectivity index (χ4v) is 2.82. The van der Waals surface area contributed by atoms with E-state index < -0.39 is 0 Å². The van der Waals surface area contributed by atoms with Crippen LogP contribution in [0.2, 0.25) is 0 Å². The predicted octanol–water partition coefficient (Wildman–Crippen LogP) is 3.96. The molecule has 2 amide bonds. The number of anilines is 2. The molecule has 0 aromatic heterocycles. The zero-order chi connectivity index (χ0) is 19.3. The first-order chi connectivity index (χ1) is 13.7.